The first-order valence-corrected chi connectivity index (χ1v) is 9.35. The smallest absolute Gasteiger partial charge is 0.387 e. The average molecular weight is 436 g/mol. The molecule has 5 nitrogen and oxygen atoms in total. The van der Waals surface area contributed by atoms with E-state index in [1.807, 2.05) is 0 Å². The fourth-order valence-corrected chi connectivity index (χ4v) is 3.66. The van der Waals surface area contributed by atoms with Crippen molar-refractivity contribution in [3.63, 3.8) is 0 Å². The van der Waals surface area contributed by atoms with Crippen molar-refractivity contribution >= 4 is 29.0 Å². The second kappa shape index (κ2) is 8.74. The molecule has 0 bridgehead atoms. The number of nitrogens with one attached hydrogen (secondary N) is 1. The van der Waals surface area contributed by atoms with Gasteiger partial charge in [-0.05, 0) is 49.8 Å². The molecule has 2 aromatic carbocycles. The Morgan fingerprint density at radius 2 is 1.90 bits per heavy atom. The summed E-state index contributed by atoms with van der Waals surface area (Å²) in [4.78, 5) is 14.1. The highest BCUT2D eigenvalue weighted by molar-refractivity contribution is 7.80. The van der Waals surface area contributed by atoms with E-state index in [9.17, 15) is 18.0 Å². The van der Waals surface area contributed by atoms with Crippen LogP contribution in [0.2, 0.25) is 0 Å². The van der Waals surface area contributed by atoms with Crippen molar-refractivity contribution in [2.24, 2.45) is 0 Å². The van der Waals surface area contributed by atoms with Gasteiger partial charge in [0, 0.05) is 11.3 Å². The number of anilines is 1. The molecular formula is C21H19F3N2O3S. The second-order valence-corrected chi connectivity index (χ2v) is 6.95. The highest BCUT2D eigenvalue weighted by atomic mass is 32.1. The normalized spacial score (nSPS) is 16.6. The zero-order valence-electron chi connectivity index (χ0n) is 16.4. The van der Waals surface area contributed by atoms with Crippen LogP contribution in [0.15, 0.2) is 53.7 Å². The number of alkyl halides is 2. The summed E-state index contributed by atoms with van der Waals surface area (Å²) in [5, 5.41) is 3.14. The van der Waals surface area contributed by atoms with Crippen molar-refractivity contribution in [2.75, 3.05) is 12.0 Å². The van der Waals surface area contributed by atoms with E-state index in [1.165, 1.54) is 30.2 Å². The molecule has 30 heavy (non-hydrogen) atoms. The minimum absolute atomic E-state index is 0.100. The van der Waals surface area contributed by atoms with Crippen LogP contribution in [-0.4, -0.2) is 24.8 Å². The number of ether oxygens (including phenoxy) is 2. The van der Waals surface area contributed by atoms with Gasteiger partial charge in [0.15, 0.2) is 5.11 Å². The predicted molar refractivity (Wildman–Crippen MR) is 110 cm³/mol. The minimum Gasteiger partial charge on any atom is -0.466 e. The summed E-state index contributed by atoms with van der Waals surface area (Å²) in [6.07, 6.45) is 0. The molecule has 0 spiro atoms. The third-order valence-corrected chi connectivity index (χ3v) is 5.05. The Balaban J connectivity index is 2.16. The molecule has 1 aliphatic heterocycles. The van der Waals surface area contributed by atoms with Gasteiger partial charge in [-0.2, -0.15) is 8.78 Å². The lowest BCUT2D eigenvalue weighted by Crippen LogP contribution is -2.48. The Kier molecular flexibility index (Phi) is 6.31. The van der Waals surface area contributed by atoms with E-state index in [1.54, 1.807) is 38.1 Å². The Morgan fingerprint density at radius 3 is 2.53 bits per heavy atom. The Hall–Kier alpha value is -3.07. The fourth-order valence-electron chi connectivity index (χ4n) is 3.30. The monoisotopic (exact) mass is 436 g/mol. The second-order valence-electron chi connectivity index (χ2n) is 6.56. The van der Waals surface area contributed by atoms with Crippen molar-refractivity contribution in [2.45, 2.75) is 26.5 Å². The number of hydrogen-bond acceptors (Lipinski definition) is 4. The number of para-hydroxylation sites is 1. The molecule has 2 aromatic rings. The summed E-state index contributed by atoms with van der Waals surface area (Å²) < 4.78 is 49.4. The van der Waals surface area contributed by atoms with Crippen molar-refractivity contribution in [3.05, 3.63) is 70.7 Å². The first-order chi connectivity index (χ1) is 14.2. The van der Waals surface area contributed by atoms with Gasteiger partial charge in [-0.25, -0.2) is 9.18 Å². The minimum atomic E-state index is -3.04. The van der Waals surface area contributed by atoms with E-state index in [0.717, 1.165) is 0 Å². The van der Waals surface area contributed by atoms with E-state index >= 15 is 0 Å². The quantitative estimate of drug-likeness (QED) is 0.545. The van der Waals surface area contributed by atoms with Crippen LogP contribution in [-0.2, 0) is 9.53 Å². The SMILES string of the molecule is COC(=O)C1=C(C)N(c2ccc(C)c(F)c2)C(=S)NC1c1ccccc1OC(F)F. The van der Waals surface area contributed by atoms with Gasteiger partial charge in [0.05, 0.1) is 24.4 Å². The predicted octanol–water partition coefficient (Wildman–Crippen LogP) is 4.62. The summed E-state index contributed by atoms with van der Waals surface area (Å²) in [6, 6.07) is 9.76. The largest absolute Gasteiger partial charge is 0.466 e. The number of esters is 1. The number of rotatable bonds is 5. The molecule has 9 heteroatoms. The van der Waals surface area contributed by atoms with Crippen molar-refractivity contribution in [1.82, 2.24) is 5.32 Å². The van der Waals surface area contributed by atoms with Gasteiger partial charge in [0.25, 0.3) is 0 Å². The molecule has 0 amide bonds. The number of nitrogens with zero attached hydrogens (tertiary/aromatic N) is 1. The van der Waals surface area contributed by atoms with Gasteiger partial charge >= 0.3 is 12.6 Å². The zero-order chi connectivity index (χ0) is 22.0. The van der Waals surface area contributed by atoms with Crippen LogP contribution in [0.4, 0.5) is 18.9 Å². The lowest BCUT2D eigenvalue weighted by molar-refractivity contribution is -0.136. The summed E-state index contributed by atoms with van der Waals surface area (Å²) in [7, 11) is 1.21. The molecule has 0 aromatic heterocycles. The molecule has 1 atom stereocenters. The maximum atomic E-state index is 14.1. The van der Waals surface area contributed by atoms with Gasteiger partial charge < -0.3 is 14.8 Å². The van der Waals surface area contributed by atoms with Crippen molar-refractivity contribution in [1.29, 1.82) is 0 Å². The number of aryl methyl sites for hydroxylation is 1. The van der Waals surface area contributed by atoms with Gasteiger partial charge in [0.1, 0.15) is 11.6 Å². The molecule has 0 saturated carbocycles. The van der Waals surface area contributed by atoms with E-state index < -0.39 is 24.4 Å². The van der Waals surface area contributed by atoms with Crippen LogP contribution in [0.25, 0.3) is 0 Å². The maximum absolute atomic E-state index is 14.1. The van der Waals surface area contributed by atoms with E-state index in [0.29, 0.717) is 16.9 Å². The summed E-state index contributed by atoms with van der Waals surface area (Å²) in [5.41, 5.74) is 1.67. The molecule has 158 valence electrons. The third-order valence-electron chi connectivity index (χ3n) is 4.75. The molecule has 0 fully saturated rings. The highest BCUT2D eigenvalue weighted by Gasteiger charge is 2.37. The average Bonchev–Trinajstić information content (AvgIpc) is 2.69. The molecule has 1 aliphatic rings. The lowest BCUT2D eigenvalue weighted by atomic mass is 9.94. The van der Waals surface area contributed by atoms with Gasteiger partial charge in [0.2, 0.25) is 0 Å². The number of allylic oxidation sites excluding steroid dienone is 1. The maximum Gasteiger partial charge on any atom is 0.387 e. The highest BCUT2D eigenvalue weighted by Crippen LogP contribution is 2.38. The first kappa shape index (κ1) is 21.6. The van der Waals surface area contributed by atoms with E-state index in [-0.39, 0.29) is 22.0 Å². The van der Waals surface area contributed by atoms with Crippen LogP contribution in [0.1, 0.15) is 24.1 Å². The van der Waals surface area contributed by atoms with Crippen molar-refractivity contribution in [3.8, 4) is 5.75 Å². The van der Waals surface area contributed by atoms with Crippen LogP contribution in [0.5, 0.6) is 5.75 Å². The number of carbonyl (C=O) groups is 1. The number of methoxy groups -OCH3 is 1. The van der Waals surface area contributed by atoms with Crippen LogP contribution in [0, 0.1) is 12.7 Å². The van der Waals surface area contributed by atoms with Crippen LogP contribution < -0.4 is 15.0 Å². The third kappa shape index (κ3) is 4.11. The summed E-state index contributed by atoms with van der Waals surface area (Å²) in [5.74, 6) is -1.21. The number of halogens is 3. The lowest BCUT2D eigenvalue weighted by Gasteiger charge is -2.37. The van der Waals surface area contributed by atoms with Crippen LogP contribution >= 0.6 is 12.2 Å². The van der Waals surface area contributed by atoms with Crippen LogP contribution in [0.3, 0.4) is 0 Å². The molecule has 0 radical (unpaired) electrons. The van der Waals surface area contributed by atoms with Gasteiger partial charge in [-0.15, -0.1) is 0 Å². The Bertz CT molecular complexity index is 1030. The number of carbonyl (C=O) groups excluding carboxylic acids is 1. The Morgan fingerprint density at radius 1 is 1.20 bits per heavy atom. The first-order valence-electron chi connectivity index (χ1n) is 8.94. The molecule has 1 N–H and O–H groups in total. The molecule has 0 saturated heterocycles. The molecule has 1 heterocycles. The topological polar surface area (TPSA) is 50.8 Å². The fraction of sp³-hybridized carbons (Fsp3) is 0.238. The molecular weight excluding hydrogens is 417 g/mol. The Labute approximate surface area is 177 Å². The van der Waals surface area contributed by atoms with Gasteiger partial charge in [-0.1, -0.05) is 24.3 Å². The van der Waals surface area contributed by atoms with E-state index in [2.05, 4.69) is 10.1 Å². The van der Waals surface area contributed by atoms with E-state index in [4.69, 9.17) is 17.0 Å². The number of hydrogen-bond donors (Lipinski definition) is 1. The number of thiocarbonyl (C=S) groups is 1. The zero-order valence-corrected chi connectivity index (χ0v) is 17.2. The summed E-state index contributed by atoms with van der Waals surface area (Å²) in [6.45, 7) is 0.214. The molecule has 3 rings (SSSR count). The summed E-state index contributed by atoms with van der Waals surface area (Å²) >= 11 is 5.46. The molecule has 0 aliphatic carbocycles. The number of benzene rings is 2. The molecule has 1 unspecified atom stereocenters. The standard InChI is InChI=1S/C21H19F3N2O3S/c1-11-8-9-13(10-15(11)22)26-12(2)17(19(27)28-3)18(25-21(26)30)14-6-4-5-7-16(14)29-20(23)24/h4-10,18,20H,1-3H3,(H,25,30). The van der Waals surface area contributed by atoms with Crippen molar-refractivity contribution < 1.29 is 27.4 Å². The van der Waals surface area contributed by atoms with Gasteiger partial charge in [-0.3, -0.25) is 4.90 Å².